The summed E-state index contributed by atoms with van der Waals surface area (Å²) in [7, 11) is 1.68. The molecule has 0 aromatic heterocycles. The van der Waals surface area contributed by atoms with E-state index < -0.39 is 0 Å². The van der Waals surface area contributed by atoms with Crippen molar-refractivity contribution in [2.75, 3.05) is 20.2 Å². The second-order valence-electron chi connectivity index (χ2n) is 5.06. The van der Waals surface area contributed by atoms with E-state index in [1.807, 2.05) is 24.3 Å². The Hall–Kier alpha value is -1.51. The molecule has 2 rings (SSSR count). The Morgan fingerprint density at radius 1 is 1.10 bits per heavy atom. The first-order valence-electron chi connectivity index (χ1n) is 7.27. The summed E-state index contributed by atoms with van der Waals surface area (Å²) < 4.78 is 5.26. The Labute approximate surface area is 132 Å². The van der Waals surface area contributed by atoms with E-state index in [1.54, 1.807) is 7.11 Å². The first kappa shape index (κ1) is 15.9. The van der Waals surface area contributed by atoms with Crippen LogP contribution in [-0.4, -0.2) is 25.1 Å². The fourth-order valence-corrected chi connectivity index (χ4v) is 2.65. The molecule has 1 unspecified atom stereocenters. The number of likely N-dealkylation sites (N-methyl/N-ethyl adjacent to an activating group) is 1. The van der Waals surface area contributed by atoms with Gasteiger partial charge in [-0.1, -0.05) is 49.4 Å². The molecular weight excluding hydrogens is 282 g/mol. The van der Waals surface area contributed by atoms with Gasteiger partial charge in [0.25, 0.3) is 0 Å². The van der Waals surface area contributed by atoms with Crippen LogP contribution >= 0.6 is 11.6 Å². The van der Waals surface area contributed by atoms with E-state index in [9.17, 15) is 0 Å². The van der Waals surface area contributed by atoms with Crippen LogP contribution in [0.25, 0.3) is 0 Å². The fraction of sp³-hybridized carbons (Fsp3) is 0.333. The van der Waals surface area contributed by atoms with Crippen LogP contribution in [0.3, 0.4) is 0 Å². The van der Waals surface area contributed by atoms with Crippen molar-refractivity contribution in [3.8, 4) is 5.75 Å². The number of benzene rings is 2. The lowest BCUT2D eigenvalue weighted by atomic mass is 10.1. The van der Waals surface area contributed by atoms with Crippen LogP contribution in [0.1, 0.15) is 23.4 Å². The SMILES string of the molecule is CCN(Cc1ccccc1)CC(Cl)c1cccc(OC)c1. The van der Waals surface area contributed by atoms with E-state index in [4.69, 9.17) is 16.3 Å². The third-order valence-electron chi connectivity index (χ3n) is 3.57. The van der Waals surface area contributed by atoms with Crippen molar-refractivity contribution in [3.63, 3.8) is 0 Å². The number of alkyl halides is 1. The van der Waals surface area contributed by atoms with Gasteiger partial charge in [0.2, 0.25) is 0 Å². The molecule has 112 valence electrons. The molecule has 0 aliphatic carbocycles. The Bertz CT molecular complexity index is 544. The zero-order valence-corrected chi connectivity index (χ0v) is 13.4. The highest BCUT2D eigenvalue weighted by molar-refractivity contribution is 6.21. The molecule has 0 N–H and O–H groups in total. The van der Waals surface area contributed by atoms with Gasteiger partial charge in [-0.2, -0.15) is 0 Å². The predicted molar refractivity (Wildman–Crippen MR) is 89.0 cm³/mol. The molecule has 2 nitrogen and oxygen atoms in total. The summed E-state index contributed by atoms with van der Waals surface area (Å²) in [5.74, 6) is 0.851. The number of rotatable bonds is 7. The molecule has 3 heteroatoms. The Morgan fingerprint density at radius 2 is 1.86 bits per heavy atom. The van der Waals surface area contributed by atoms with Crippen molar-refractivity contribution in [1.82, 2.24) is 4.90 Å². The highest BCUT2D eigenvalue weighted by Crippen LogP contribution is 2.25. The van der Waals surface area contributed by atoms with E-state index in [0.717, 1.165) is 30.9 Å². The Balaban J connectivity index is 2.00. The average molecular weight is 304 g/mol. The van der Waals surface area contributed by atoms with Crippen LogP contribution in [0.4, 0.5) is 0 Å². The van der Waals surface area contributed by atoms with Crippen molar-refractivity contribution < 1.29 is 4.74 Å². The topological polar surface area (TPSA) is 12.5 Å². The fourth-order valence-electron chi connectivity index (χ4n) is 2.32. The zero-order valence-electron chi connectivity index (χ0n) is 12.6. The van der Waals surface area contributed by atoms with E-state index >= 15 is 0 Å². The van der Waals surface area contributed by atoms with Crippen LogP contribution in [-0.2, 0) is 6.54 Å². The lowest BCUT2D eigenvalue weighted by molar-refractivity contribution is 0.280. The maximum Gasteiger partial charge on any atom is 0.119 e. The monoisotopic (exact) mass is 303 g/mol. The molecule has 0 heterocycles. The second-order valence-corrected chi connectivity index (χ2v) is 5.58. The average Bonchev–Trinajstić information content (AvgIpc) is 2.55. The molecule has 0 saturated heterocycles. The van der Waals surface area contributed by atoms with Crippen molar-refractivity contribution in [2.24, 2.45) is 0 Å². The third-order valence-corrected chi connectivity index (χ3v) is 3.96. The van der Waals surface area contributed by atoms with Gasteiger partial charge < -0.3 is 4.74 Å². The molecule has 21 heavy (non-hydrogen) atoms. The molecule has 0 fully saturated rings. The lowest BCUT2D eigenvalue weighted by Gasteiger charge is -2.23. The van der Waals surface area contributed by atoms with Gasteiger partial charge in [0.15, 0.2) is 0 Å². The number of hydrogen-bond donors (Lipinski definition) is 0. The van der Waals surface area contributed by atoms with Crippen molar-refractivity contribution in [2.45, 2.75) is 18.8 Å². The van der Waals surface area contributed by atoms with Crippen molar-refractivity contribution in [3.05, 3.63) is 65.7 Å². The Morgan fingerprint density at radius 3 is 2.52 bits per heavy atom. The molecule has 2 aromatic rings. The van der Waals surface area contributed by atoms with Crippen molar-refractivity contribution >= 4 is 11.6 Å². The first-order valence-corrected chi connectivity index (χ1v) is 7.71. The highest BCUT2D eigenvalue weighted by Gasteiger charge is 2.13. The summed E-state index contributed by atoms with van der Waals surface area (Å²) in [5.41, 5.74) is 2.41. The highest BCUT2D eigenvalue weighted by atomic mass is 35.5. The largest absolute Gasteiger partial charge is 0.497 e. The maximum atomic E-state index is 6.58. The zero-order chi connectivity index (χ0) is 15.1. The summed E-state index contributed by atoms with van der Waals surface area (Å²) in [4.78, 5) is 2.35. The van der Waals surface area contributed by atoms with Crippen LogP contribution < -0.4 is 4.74 Å². The van der Waals surface area contributed by atoms with Gasteiger partial charge >= 0.3 is 0 Å². The third kappa shape index (κ3) is 4.76. The van der Waals surface area contributed by atoms with E-state index in [0.29, 0.717) is 0 Å². The molecule has 0 bridgehead atoms. The minimum absolute atomic E-state index is 0.0382. The molecular formula is C18H22ClNO. The van der Waals surface area contributed by atoms with Gasteiger partial charge in [-0.3, -0.25) is 4.90 Å². The number of halogens is 1. The first-order chi connectivity index (χ1) is 10.2. The molecule has 2 aromatic carbocycles. The normalized spacial score (nSPS) is 12.4. The van der Waals surface area contributed by atoms with Crippen LogP contribution in [0.5, 0.6) is 5.75 Å². The molecule has 0 aliphatic heterocycles. The standard InChI is InChI=1S/C18H22ClNO/c1-3-20(13-15-8-5-4-6-9-15)14-18(19)16-10-7-11-17(12-16)21-2/h4-12,18H,3,13-14H2,1-2H3. The number of hydrogen-bond acceptors (Lipinski definition) is 2. The van der Waals surface area contributed by atoms with E-state index in [-0.39, 0.29) is 5.38 Å². The molecule has 0 amide bonds. The van der Waals surface area contributed by atoms with Gasteiger partial charge in [-0.05, 0) is 29.8 Å². The smallest absolute Gasteiger partial charge is 0.119 e. The molecule has 1 atom stereocenters. The van der Waals surface area contributed by atoms with Crippen LogP contribution in [0, 0.1) is 0 Å². The van der Waals surface area contributed by atoms with E-state index in [2.05, 4.69) is 42.2 Å². The van der Waals surface area contributed by atoms with Crippen molar-refractivity contribution in [1.29, 1.82) is 0 Å². The quantitative estimate of drug-likeness (QED) is 0.698. The summed E-state index contributed by atoms with van der Waals surface area (Å²) >= 11 is 6.58. The maximum absolute atomic E-state index is 6.58. The number of methoxy groups -OCH3 is 1. The minimum atomic E-state index is -0.0382. The molecule has 0 saturated carbocycles. The van der Waals surface area contributed by atoms with Gasteiger partial charge in [-0.25, -0.2) is 0 Å². The minimum Gasteiger partial charge on any atom is -0.497 e. The van der Waals surface area contributed by atoms with Gasteiger partial charge in [0, 0.05) is 13.1 Å². The molecule has 0 aliphatic rings. The summed E-state index contributed by atoms with van der Waals surface area (Å²) in [5, 5.41) is -0.0382. The van der Waals surface area contributed by atoms with Crippen LogP contribution in [0.15, 0.2) is 54.6 Å². The lowest BCUT2D eigenvalue weighted by Crippen LogP contribution is -2.26. The van der Waals surface area contributed by atoms with Gasteiger partial charge in [0.05, 0.1) is 12.5 Å². The summed E-state index contributed by atoms with van der Waals surface area (Å²) in [6.07, 6.45) is 0. The molecule has 0 radical (unpaired) electrons. The van der Waals surface area contributed by atoms with E-state index in [1.165, 1.54) is 5.56 Å². The molecule has 0 spiro atoms. The van der Waals surface area contributed by atoms with Crippen LogP contribution in [0.2, 0.25) is 0 Å². The van der Waals surface area contributed by atoms with Gasteiger partial charge in [-0.15, -0.1) is 11.6 Å². The number of ether oxygens (including phenoxy) is 1. The predicted octanol–water partition coefficient (Wildman–Crippen LogP) is 4.50. The second kappa shape index (κ2) is 8.06. The summed E-state index contributed by atoms with van der Waals surface area (Å²) in [6, 6.07) is 18.5. The Kier molecular flexibility index (Phi) is 6.09. The van der Waals surface area contributed by atoms with Gasteiger partial charge in [0.1, 0.15) is 5.75 Å². The number of nitrogens with zero attached hydrogens (tertiary/aromatic N) is 1. The summed E-state index contributed by atoms with van der Waals surface area (Å²) in [6.45, 7) is 4.88.